The van der Waals surface area contributed by atoms with Crippen LogP contribution in [0.25, 0.3) is 28.0 Å². The van der Waals surface area contributed by atoms with Gasteiger partial charge in [-0.3, -0.25) is 5.10 Å². The number of para-hydroxylation sites is 1. The van der Waals surface area contributed by atoms with E-state index < -0.39 is 0 Å². The highest BCUT2D eigenvalue weighted by Crippen LogP contribution is 2.27. The van der Waals surface area contributed by atoms with E-state index in [1.54, 1.807) is 6.20 Å². The molecule has 4 nitrogen and oxygen atoms in total. The smallest absolute Gasteiger partial charge is 0.0905 e. The third-order valence-electron chi connectivity index (χ3n) is 3.15. The van der Waals surface area contributed by atoms with Crippen molar-refractivity contribution in [1.29, 1.82) is 0 Å². The molecule has 96 valence electrons. The fourth-order valence-electron chi connectivity index (χ4n) is 2.24. The zero-order valence-corrected chi connectivity index (χ0v) is 10.8. The lowest BCUT2D eigenvalue weighted by Crippen LogP contribution is -2.09. The maximum atomic E-state index is 4.13. The molecule has 19 heavy (non-hydrogen) atoms. The molecule has 0 unspecified atom stereocenters. The maximum absolute atomic E-state index is 4.13. The zero-order valence-electron chi connectivity index (χ0n) is 10.8. The fourth-order valence-corrected chi connectivity index (χ4v) is 2.24. The maximum Gasteiger partial charge on any atom is 0.0905 e. The quantitative estimate of drug-likeness (QED) is 0.668. The molecule has 0 aliphatic rings. The molecule has 1 aromatic carbocycles. The Morgan fingerprint density at radius 3 is 3.00 bits per heavy atom. The Hall–Kier alpha value is -2.49. The lowest BCUT2D eigenvalue weighted by molar-refractivity contribution is 0.943. The van der Waals surface area contributed by atoms with E-state index in [4.69, 9.17) is 0 Å². The molecule has 3 rings (SSSR count). The number of hydrogen-bond acceptors (Lipinski definition) is 2. The molecule has 0 fully saturated rings. The van der Waals surface area contributed by atoms with Crippen LogP contribution in [0.15, 0.2) is 43.1 Å². The molecule has 0 saturated carbocycles. The number of benzene rings is 1. The van der Waals surface area contributed by atoms with Crippen molar-refractivity contribution in [2.45, 2.75) is 6.92 Å². The van der Waals surface area contributed by atoms with Gasteiger partial charge >= 0.3 is 0 Å². The lowest BCUT2D eigenvalue weighted by Gasteiger charge is -2.06. The number of hydrogen-bond donors (Lipinski definition) is 3. The zero-order chi connectivity index (χ0) is 13.2. The van der Waals surface area contributed by atoms with Gasteiger partial charge in [-0.15, -0.1) is 0 Å². The average molecular weight is 252 g/mol. The normalized spacial score (nSPS) is 10.8. The Bertz CT molecular complexity index is 687. The number of aromatic nitrogens is 3. The Morgan fingerprint density at radius 1 is 1.37 bits per heavy atom. The first kappa shape index (κ1) is 11.6. The highest BCUT2D eigenvalue weighted by molar-refractivity contribution is 5.87. The van der Waals surface area contributed by atoms with Gasteiger partial charge in [0.15, 0.2) is 0 Å². The van der Waals surface area contributed by atoms with Crippen LogP contribution in [0.5, 0.6) is 0 Å². The monoisotopic (exact) mass is 252 g/mol. The molecular weight excluding hydrogens is 236 g/mol. The van der Waals surface area contributed by atoms with E-state index in [1.807, 2.05) is 19.1 Å². The Balaban J connectivity index is 2.07. The summed E-state index contributed by atoms with van der Waals surface area (Å²) < 4.78 is 0. The molecule has 3 N–H and O–H groups in total. The standard InChI is InChI=1S/C15H16N4/c1-3-16-10(2)12-9-17-19-15(12)14-8-11-6-4-5-7-13(11)18-14/h4-9,16,18H,2-3H2,1H3,(H,17,19). The number of nitrogens with one attached hydrogen (secondary N) is 3. The van der Waals surface area contributed by atoms with Crippen molar-refractivity contribution < 1.29 is 0 Å². The van der Waals surface area contributed by atoms with Crippen LogP contribution in [0.2, 0.25) is 0 Å². The van der Waals surface area contributed by atoms with Crippen LogP contribution in [0.3, 0.4) is 0 Å². The second-order valence-electron chi connectivity index (χ2n) is 4.44. The summed E-state index contributed by atoms with van der Waals surface area (Å²) >= 11 is 0. The second kappa shape index (κ2) is 4.65. The van der Waals surface area contributed by atoms with Crippen molar-refractivity contribution in [3.63, 3.8) is 0 Å². The van der Waals surface area contributed by atoms with Gasteiger partial charge in [0.25, 0.3) is 0 Å². The number of rotatable bonds is 4. The summed E-state index contributed by atoms with van der Waals surface area (Å²) in [4.78, 5) is 3.40. The SMILES string of the molecule is C=C(NCC)c1cn[nH]c1-c1cc2ccccc2[nH]1. The van der Waals surface area contributed by atoms with Crippen molar-refractivity contribution in [2.75, 3.05) is 6.54 Å². The molecule has 2 heterocycles. The predicted octanol–water partition coefficient (Wildman–Crippen LogP) is 3.14. The number of aromatic amines is 2. The summed E-state index contributed by atoms with van der Waals surface area (Å²) in [7, 11) is 0. The first-order valence-electron chi connectivity index (χ1n) is 6.34. The first-order chi connectivity index (χ1) is 9.29. The van der Waals surface area contributed by atoms with Gasteiger partial charge in [0, 0.05) is 28.7 Å². The van der Waals surface area contributed by atoms with Crippen LogP contribution in [0, 0.1) is 0 Å². The van der Waals surface area contributed by atoms with Gasteiger partial charge in [-0.1, -0.05) is 24.8 Å². The third kappa shape index (κ3) is 2.01. The van der Waals surface area contributed by atoms with Crippen molar-refractivity contribution in [3.05, 3.63) is 48.7 Å². The van der Waals surface area contributed by atoms with E-state index in [2.05, 4.69) is 45.3 Å². The van der Waals surface area contributed by atoms with Gasteiger partial charge in [-0.2, -0.15) is 5.10 Å². The highest BCUT2D eigenvalue weighted by atomic mass is 15.1. The highest BCUT2D eigenvalue weighted by Gasteiger charge is 2.12. The van der Waals surface area contributed by atoms with Gasteiger partial charge in [-0.05, 0) is 19.1 Å². The van der Waals surface area contributed by atoms with Gasteiger partial charge in [0.2, 0.25) is 0 Å². The minimum atomic E-state index is 0.843. The molecule has 0 radical (unpaired) electrons. The van der Waals surface area contributed by atoms with Crippen LogP contribution in [0.1, 0.15) is 12.5 Å². The molecular formula is C15H16N4. The van der Waals surface area contributed by atoms with E-state index in [1.165, 1.54) is 5.39 Å². The van der Waals surface area contributed by atoms with Gasteiger partial charge in [0.1, 0.15) is 0 Å². The van der Waals surface area contributed by atoms with Crippen LogP contribution < -0.4 is 5.32 Å². The van der Waals surface area contributed by atoms with Gasteiger partial charge in [-0.25, -0.2) is 0 Å². The molecule has 0 spiro atoms. The lowest BCUT2D eigenvalue weighted by atomic mass is 10.1. The summed E-state index contributed by atoms with van der Waals surface area (Å²) in [6, 6.07) is 10.3. The Labute approximate surface area is 111 Å². The van der Waals surface area contributed by atoms with Crippen molar-refractivity contribution in [1.82, 2.24) is 20.5 Å². The summed E-state index contributed by atoms with van der Waals surface area (Å²) in [6.45, 7) is 6.93. The minimum absolute atomic E-state index is 0.843. The molecule has 2 aromatic heterocycles. The average Bonchev–Trinajstić information content (AvgIpc) is 3.05. The van der Waals surface area contributed by atoms with Crippen LogP contribution in [-0.4, -0.2) is 21.7 Å². The van der Waals surface area contributed by atoms with E-state index in [0.29, 0.717) is 0 Å². The van der Waals surface area contributed by atoms with E-state index in [0.717, 1.165) is 34.7 Å². The molecule has 0 bridgehead atoms. The number of nitrogens with zero attached hydrogens (tertiary/aromatic N) is 1. The van der Waals surface area contributed by atoms with Gasteiger partial charge < -0.3 is 10.3 Å². The molecule has 3 aromatic rings. The second-order valence-corrected chi connectivity index (χ2v) is 4.44. The summed E-state index contributed by atoms with van der Waals surface area (Å²) in [5, 5.41) is 11.6. The molecule has 0 aliphatic carbocycles. The van der Waals surface area contributed by atoms with E-state index >= 15 is 0 Å². The largest absolute Gasteiger partial charge is 0.385 e. The van der Waals surface area contributed by atoms with Crippen LogP contribution in [0.4, 0.5) is 0 Å². The summed E-state index contributed by atoms with van der Waals surface area (Å²) in [5.41, 5.74) is 4.97. The topological polar surface area (TPSA) is 56.5 Å². The number of H-pyrrole nitrogens is 2. The van der Waals surface area contributed by atoms with Crippen molar-refractivity contribution >= 4 is 16.6 Å². The van der Waals surface area contributed by atoms with E-state index in [-0.39, 0.29) is 0 Å². The third-order valence-corrected chi connectivity index (χ3v) is 3.15. The predicted molar refractivity (Wildman–Crippen MR) is 78.6 cm³/mol. The fraction of sp³-hybridized carbons (Fsp3) is 0.133. The summed E-state index contributed by atoms with van der Waals surface area (Å²) in [5.74, 6) is 0. The van der Waals surface area contributed by atoms with Crippen LogP contribution in [-0.2, 0) is 0 Å². The Morgan fingerprint density at radius 2 is 2.21 bits per heavy atom. The molecule has 0 saturated heterocycles. The molecule has 0 amide bonds. The Kier molecular flexibility index (Phi) is 2.83. The molecule has 4 heteroatoms. The first-order valence-corrected chi connectivity index (χ1v) is 6.34. The number of fused-ring (bicyclic) bond motifs is 1. The van der Waals surface area contributed by atoms with Crippen molar-refractivity contribution in [3.8, 4) is 11.4 Å². The van der Waals surface area contributed by atoms with Gasteiger partial charge in [0.05, 0.1) is 17.6 Å². The molecule has 0 aliphatic heterocycles. The van der Waals surface area contributed by atoms with Crippen molar-refractivity contribution in [2.24, 2.45) is 0 Å². The minimum Gasteiger partial charge on any atom is -0.385 e. The van der Waals surface area contributed by atoms with E-state index in [9.17, 15) is 0 Å². The van der Waals surface area contributed by atoms with Crippen LogP contribution >= 0.6 is 0 Å². The summed E-state index contributed by atoms with van der Waals surface area (Å²) in [6.07, 6.45) is 1.80. The molecule has 0 atom stereocenters.